The average Bonchev–Trinajstić information content (AvgIpc) is 2.54. The zero-order chi connectivity index (χ0) is 18.6. The Balaban J connectivity index is 1.99. The van der Waals surface area contributed by atoms with Crippen molar-refractivity contribution in [3.8, 4) is 0 Å². The Hall–Kier alpha value is -2.40. The minimum absolute atomic E-state index is 0.0179. The lowest BCUT2D eigenvalue weighted by Crippen LogP contribution is -2.31. The molecule has 5 heteroatoms. The summed E-state index contributed by atoms with van der Waals surface area (Å²) in [6, 6.07) is 13.8. The SMILES string of the molecule is Cc1ccc([C@@H](C)NC(=S)Nc2ccc(C(=O)N(C)C)cc2)c(C)c1. The summed E-state index contributed by atoms with van der Waals surface area (Å²) in [6.45, 7) is 6.29. The van der Waals surface area contributed by atoms with Gasteiger partial charge in [0.05, 0.1) is 6.04 Å². The summed E-state index contributed by atoms with van der Waals surface area (Å²) >= 11 is 5.41. The molecule has 1 amide bonds. The lowest BCUT2D eigenvalue weighted by Gasteiger charge is -2.19. The molecule has 2 N–H and O–H groups in total. The quantitative estimate of drug-likeness (QED) is 0.812. The van der Waals surface area contributed by atoms with Gasteiger partial charge in [0.1, 0.15) is 0 Å². The average molecular weight is 356 g/mol. The van der Waals surface area contributed by atoms with E-state index in [1.165, 1.54) is 16.7 Å². The molecule has 0 aliphatic carbocycles. The van der Waals surface area contributed by atoms with Gasteiger partial charge < -0.3 is 15.5 Å². The van der Waals surface area contributed by atoms with Crippen LogP contribution < -0.4 is 10.6 Å². The largest absolute Gasteiger partial charge is 0.356 e. The molecule has 4 nitrogen and oxygen atoms in total. The molecule has 0 radical (unpaired) electrons. The highest BCUT2D eigenvalue weighted by molar-refractivity contribution is 7.80. The zero-order valence-electron chi connectivity index (χ0n) is 15.4. The van der Waals surface area contributed by atoms with E-state index in [9.17, 15) is 4.79 Å². The monoisotopic (exact) mass is 355 g/mol. The van der Waals surface area contributed by atoms with Crippen LogP contribution in [0.5, 0.6) is 0 Å². The topological polar surface area (TPSA) is 44.4 Å². The van der Waals surface area contributed by atoms with E-state index in [1.807, 2.05) is 12.1 Å². The third kappa shape index (κ3) is 5.03. The number of hydrogen-bond donors (Lipinski definition) is 2. The fraction of sp³-hybridized carbons (Fsp3) is 0.300. The third-order valence-electron chi connectivity index (χ3n) is 4.04. The van der Waals surface area contributed by atoms with Crippen LogP contribution in [0.25, 0.3) is 0 Å². The van der Waals surface area contributed by atoms with Crippen molar-refractivity contribution in [3.63, 3.8) is 0 Å². The number of carbonyl (C=O) groups is 1. The van der Waals surface area contributed by atoms with Crippen LogP contribution in [0.2, 0.25) is 0 Å². The second-order valence-corrected chi connectivity index (χ2v) is 6.87. The van der Waals surface area contributed by atoms with Gasteiger partial charge in [0.15, 0.2) is 5.11 Å². The van der Waals surface area contributed by atoms with Crippen molar-refractivity contribution in [1.29, 1.82) is 0 Å². The van der Waals surface area contributed by atoms with Crippen molar-refractivity contribution < 1.29 is 4.79 Å². The van der Waals surface area contributed by atoms with Crippen LogP contribution in [0.1, 0.15) is 40.0 Å². The van der Waals surface area contributed by atoms with Crippen LogP contribution in [0, 0.1) is 13.8 Å². The Morgan fingerprint density at radius 3 is 2.28 bits per heavy atom. The first kappa shape index (κ1) is 18.9. The molecule has 0 saturated heterocycles. The van der Waals surface area contributed by atoms with Crippen molar-refractivity contribution in [3.05, 3.63) is 64.7 Å². The summed E-state index contributed by atoms with van der Waals surface area (Å²) < 4.78 is 0. The summed E-state index contributed by atoms with van der Waals surface area (Å²) in [5.41, 5.74) is 5.22. The van der Waals surface area contributed by atoms with Gasteiger partial charge in [0, 0.05) is 25.3 Å². The van der Waals surface area contributed by atoms with E-state index in [0.29, 0.717) is 10.7 Å². The molecule has 0 saturated carbocycles. The van der Waals surface area contributed by atoms with Crippen LogP contribution in [0.15, 0.2) is 42.5 Å². The van der Waals surface area contributed by atoms with Gasteiger partial charge in [-0.25, -0.2) is 0 Å². The number of carbonyl (C=O) groups excluding carboxylic acids is 1. The van der Waals surface area contributed by atoms with Gasteiger partial charge in [-0.15, -0.1) is 0 Å². The Labute approximate surface area is 155 Å². The number of hydrogen-bond acceptors (Lipinski definition) is 2. The molecule has 2 rings (SSSR count). The maximum absolute atomic E-state index is 11.9. The van der Waals surface area contributed by atoms with Crippen molar-refractivity contribution in [2.24, 2.45) is 0 Å². The van der Waals surface area contributed by atoms with Crippen LogP contribution in [0.4, 0.5) is 5.69 Å². The van der Waals surface area contributed by atoms with E-state index < -0.39 is 0 Å². The number of nitrogens with one attached hydrogen (secondary N) is 2. The van der Waals surface area contributed by atoms with E-state index in [4.69, 9.17) is 12.2 Å². The van der Waals surface area contributed by atoms with Gasteiger partial charge in [0.2, 0.25) is 0 Å². The van der Waals surface area contributed by atoms with E-state index in [0.717, 1.165) is 5.69 Å². The molecule has 0 heterocycles. The maximum atomic E-state index is 11.9. The van der Waals surface area contributed by atoms with Gasteiger partial charge in [-0.3, -0.25) is 4.79 Å². The van der Waals surface area contributed by atoms with Crippen LogP contribution in [-0.2, 0) is 0 Å². The molecule has 0 spiro atoms. The zero-order valence-corrected chi connectivity index (χ0v) is 16.2. The number of anilines is 1. The molecule has 25 heavy (non-hydrogen) atoms. The van der Waals surface area contributed by atoms with Gasteiger partial charge in [-0.2, -0.15) is 0 Å². The molecule has 0 aromatic heterocycles. The summed E-state index contributed by atoms with van der Waals surface area (Å²) in [5.74, 6) is -0.0179. The number of amides is 1. The first-order chi connectivity index (χ1) is 11.8. The summed E-state index contributed by atoms with van der Waals surface area (Å²) in [7, 11) is 3.48. The second-order valence-electron chi connectivity index (χ2n) is 6.46. The van der Waals surface area contributed by atoms with E-state index >= 15 is 0 Å². The number of aryl methyl sites for hydroxylation is 2. The Morgan fingerprint density at radius 1 is 1.08 bits per heavy atom. The highest BCUT2D eigenvalue weighted by Gasteiger charge is 2.11. The highest BCUT2D eigenvalue weighted by atomic mass is 32.1. The molecule has 0 bridgehead atoms. The molecule has 0 fully saturated rings. The number of rotatable bonds is 4. The van der Waals surface area contributed by atoms with Gasteiger partial charge in [-0.1, -0.05) is 23.8 Å². The lowest BCUT2D eigenvalue weighted by molar-refractivity contribution is 0.0827. The van der Waals surface area contributed by atoms with Crippen LogP contribution in [0.3, 0.4) is 0 Å². The molecule has 0 unspecified atom stereocenters. The van der Waals surface area contributed by atoms with Gasteiger partial charge >= 0.3 is 0 Å². The maximum Gasteiger partial charge on any atom is 0.253 e. The molecule has 1 atom stereocenters. The van der Waals surface area contributed by atoms with Crippen LogP contribution >= 0.6 is 12.2 Å². The lowest BCUT2D eigenvalue weighted by atomic mass is 10.0. The van der Waals surface area contributed by atoms with E-state index in [1.54, 1.807) is 31.1 Å². The molecule has 0 aliphatic heterocycles. The van der Waals surface area contributed by atoms with Crippen molar-refractivity contribution in [2.75, 3.05) is 19.4 Å². The van der Waals surface area contributed by atoms with Crippen molar-refractivity contribution >= 4 is 28.9 Å². The fourth-order valence-electron chi connectivity index (χ4n) is 2.71. The second kappa shape index (κ2) is 8.12. The molecule has 132 valence electrons. The van der Waals surface area contributed by atoms with Gasteiger partial charge in [0.25, 0.3) is 5.91 Å². The number of nitrogens with zero attached hydrogens (tertiary/aromatic N) is 1. The fourth-order valence-corrected chi connectivity index (χ4v) is 3.00. The number of thiocarbonyl (C=S) groups is 1. The predicted molar refractivity (Wildman–Crippen MR) is 108 cm³/mol. The number of benzene rings is 2. The Kier molecular flexibility index (Phi) is 6.15. The predicted octanol–water partition coefficient (Wildman–Crippen LogP) is 4.05. The van der Waals surface area contributed by atoms with Crippen molar-refractivity contribution in [2.45, 2.75) is 26.8 Å². The Bertz CT molecular complexity index is 769. The third-order valence-corrected chi connectivity index (χ3v) is 4.26. The van der Waals surface area contributed by atoms with Crippen LogP contribution in [-0.4, -0.2) is 30.0 Å². The molecular formula is C20H25N3OS. The molecular weight excluding hydrogens is 330 g/mol. The molecule has 2 aromatic rings. The van der Waals surface area contributed by atoms with E-state index in [2.05, 4.69) is 49.6 Å². The minimum atomic E-state index is -0.0179. The minimum Gasteiger partial charge on any atom is -0.356 e. The van der Waals surface area contributed by atoms with E-state index in [-0.39, 0.29) is 11.9 Å². The molecule has 2 aromatic carbocycles. The van der Waals surface area contributed by atoms with Gasteiger partial charge in [-0.05, 0) is 68.4 Å². The van der Waals surface area contributed by atoms with Crippen molar-refractivity contribution in [1.82, 2.24) is 10.2 Å². The first-order valence-electron chi connectivity index (χ1n) is 8.24. The standard InChI is InChI=1S/C20H25N3OS/c1-13-6-11-18(14(2)12-13)15(3)21-20(25)22-17-9-7-16(8-10-17)19(24)23(4)5/h6-12,15H,1-5H3,(H2,21,22,25)/t15-/m1/s1. The summed E-state index contributed by atoms with van der Waals surface area (Å²) in [5, 5.41) is 7.02. The summed E-state index contributed by atoms with van der Waals surface area (Å²) in [4.78, 5) is 13.5. The Morgan fingerprint density at radius 2 is 1.72 bits per heavy atom. The first-order valence-corrected chi connectivity index (χ1v) is 8.65. The smallest absolute Gasteiger partial charge is 0.253 e. The normalized spacial score (nSPS) is 11.6. The molecule has 0 aliphatic rings. The highest BCUT2D eigenvalue weighted by Crippen LogP contribution is 2.19. The summed E-state index contributed by atoms with van der Waals surface area (Å²) in [6.07, 6.45) is 0.